The van der Waals surface area contributed by atoms with Crippen LogP contribution in [0.5, 0.6) is 0 Å². The van der Waals surface area contributed by atoms with Gasteiger partial charge in [0.2, 0.25) is 0 Å². The summed E-state index contributed by atoms with van der Waals surface area (Å²) in [6.07, 6.45) is 0. The SMILES string of the molecule is CC(=O)SCC#Cc1csc2ccccc12. The zero-order chi connectivity index (χ0) is 11.4. The Hall–Kier alpha value is -1.24. The van der Waals surface area contributed by atoms with Gasteiger partial charge in [0.05, 0.1) is 5.75 Å². The molecule has 0 N–H and O–H groups in total. The van der Waals surface area contributed by atoms with Gasteiger partial charge >= 0.3 is 0 Å². The zero-order valence-electron chi connectivity index (χ0n) is 8.82. The summed E-state index contributed by atoms with van der Waals surface area (Å²) in [4.78, 5) is 10.7. The van der Waals surface area contributed by atoms with E-state index in [0.717, 1.165) is 5.56 Å². The monoisotopic (exact) mass is 246 g/mol. The lowest BCUT2D eigenvalue weighted by Crippen LogP contribution is -1.81. The predicted molar refractivity (Wildman–Crippen MR) is 71.8 cm³/mol. The maximum atomic E-state index is 10.7. The van der Waals surface area contributed by atoms with Gasteiger partial charge in [0.15, 0.2) is 5.12 Å². The van der Waals surface area contributed by atoms with Crippen molar-refractivity contribution in [1.82, 2.24) is 0 Å². The van der Waals surface area contributed by atoms with Gasteiger partial charge in [0, 0.05) is 28.0 Å². The fourth-order valence-electron chi connectivity index (χ4n) is 1.34. The van der Waals surface area contributed by atoms with E-state index < -0.39 is 0 Å². The number of hydrogen-bond donors (Lipinski definition) is 0. The molecule has 80 valence electrons. The minimum atomic E-state index is 0.115. The van der Waals surface area contributed by atoms with Crippen LogP contribution in [0.25, 0.3) is 10.1 Å². The van der Waals surface area contributed by atoms with Gasteiger partial charge in [-0.2, -0.15) is 0 Å². The molecule has 0 radical (unpaired) electrons. The van der Waals surface area contributed by atoms with Gasteiger partial charge in [-0.15, -0.1) is 11.3 Å². The molecule has 1 aromatic carbocycles. The molecule has 0 fully saturated rings. The van der Waals surface area contributed by atoms with Gasteiger partial charge in [-0.25, -0.2) is 0 Å². The van der Waals surface area contributed by atoms with E-state index in [4.69, 9.17) is 0 Å². The van der Waals surface area contributed by atoms with E-state index in [1.165, 1.54) is 21.8 Å². The van der Waals surface area contributed by atoms with Crippen LogP contribution < -0.4 is 0 Å². The van der Waals surface area contributed by atoms with Crippen LogP contribution in [0, 0.1) is 11.8 Å². The van der Waals surface area contributed by atoms with Gasteiger partial charge in [-0.3, -0.25) is 4.79 Å². The molecule has 0 spiro atoms. The second-order valence-corrected chi connectivity index (χ2v) is 5.29. The molecule has 0 atom stereocenters. The summed E-state index contributed by atoms with van der Waals surface area (Å²) in [6, 6.07) is 8.22. The van der Waals surface area contributed by atoms with E-state index in [1.807, 2.05) is 12.1 Å². The van der Waals surface area contributed by atoms with Crippen LogP contribution >= 0.6 is 23.1 Å². The van der Waals surface area contributed by atoms with Gasteiger partial charge in [0.25, 0.3) is 0 Å². The number of carbonyl (C=O) groups is 1. The fourth-order valence-corrected chi connectivity index (χ4v) is 2.58. The highest BCUT2D eigenvalue weighted by atomic mass is 32.2. The zero-order valence-corrected chi connectivity index (χ0v) is 10.5. The molecule has 0 unspecified atom stereocenters. The average Bonchev–Trinajstić information content (AvgIpc) is 2.68. The van der Waals surface area contributed by atoms with Gasteiger partial charge in [0.1, 0.15) is 0 Å². The first kappa shape index (κ1) is 11.3. The highest BCUT2D eigenvalue weighted by Gasteiger charge is 1.99. The Labute approximate surface area is 103 Å². The van der Waals surface area contributed by atoms with Gasteiger partial charge in [-0.05, 0) is 6.07 Å². The van der Waals surface area contributed by atoms with Crippen LogP contribution in [0.3, 0.4) is 0 Å². The van der Waals surface area contributed by atoms with Crippen LogP contribution in [-0.4, -0.2) is 10.9 Å². The molecule has 0 aliphatic heterocycles. The van der Waals surface area contributed by atoms with Crippen LogP contribution in [0.1, 0.15) is 12.5 Å². The molecular weight excluding hydrogens is 236 g/mol. The van der Waals surface area contributed by atoms with Crippen molar-refractivity contribution in [2.45, 2.75) is 6.92 Å². The first-order chi connectivity index (χ1) is 7.77. The van der Waals surface area contributed by atoms with Crippen molar-refractivity contribution in [3.8, 4) is 11.8 Å². The Bertz CT molecular complexity index is 572. The normalized spacial score (nSPS) is 9.81. The number of benzene rings is 1. The fraction of sp³-hybridized carbons (Fsp3) is 0.154. The molecular formula is C13H10OS2. The van der Waals surface area contributed by atoms with E-state index in [9.17, 15) is 4.79 Å². The largest absolute Gasteiger partial charge is 0.288 e. The summed E-state index contributed by atoms with van der Waals surface area (Å²) in [5.74, 6) is 6.69. The van der Waals surface area contributed by atoms with Crippen LogP contribution in [0.4, 0.5) is 0 Å². The first-order valence-corrected chi connectivity index (χ1v) is 6.72. The Morgan fingerprint density at radius 2 is 2.25 bits per heavy atom. The van der Waals surface area contributed by atoms with Crippen LogP contribution in [0.15, 0.2) is 29.6 Å². The third-order valence-corrected chi connectivity index (χ3v) is 3.71. The van der Waals surface area contributed by atoms with E-state index >= 15 is 0 Å². The Balaban J connectivity index is 2.18. The highest BCUT2D eigenvalue weighted by molar-refractivity contribution is 8.13. The lowest BCUT2D eigenvalue weighted by Gasteiger charge is -1.88. The molecule has 0 saturated heterocycles. The summed E-state index contributed by atoms with van der Waals surface area (Å²) in [5, 5.41) is 3.38. The number of hydrogen-bond acceptors (Lipinski definition) is 3. The highest BCUT2D eigenvalue weighted by Crippen LogP contribution is 2.24. The van der Waals surface area contributed by atoms with Crippen molar-refractivity contribution >= 4 is 38.3 Å². The van der Waals surface area contributed by atoms with Crippen molar-refractivity contribution in [2.75, 3.05) is 5.75 Å². The summed E-state index contributed by atoms with van der Waals surface area (Å²) in [7, 11) is 0. The molecule has 3 heteroatoms. The Kier molecular flexibility index (Phi) is 3.66. The van der Waals surface area contributed by atoms with Crippen molar-refractivity contribution in [3.05, 3.63) is 35.2 Å². The number of rotatable bonds is 1. The van der Waals surface area contributed by atoms with Crippen molar-refractivity contribution in [3.63, 3.8) is 0 Å². The van der Waals surface area contributed by atoms with Gasteiger partial charge in [-0.1, -0.05) is 41.8 Å². The Morgan fingerprint density at radius 1 is 1.44 bits per heavy atom. The molecule has 1 aromatic heterocycles. The predicted octanol–water partition coefficient (Wildman–Crippen LogP) is 3.53. The third kappa shape index (κ3) is 2.66. The van der Waals surface area contributed by atoms with E-state index in [-0.39, 0.29) is 5.12 Å². The summed E-state index contributed by atoms with van der Waals surface area (Å²) in [6.45, 7) is 1.56. The molecule has 0 aliphatic rings. The average molecular weight is 246 g/mol. The lowest BCUT2D eigenvalue weighted by molar-refractivity contribution is -0.109. The van der Waals surface area contributed by atoms with Crippen molar-refractivity contribution < 1.29 is 4.79 Å². The second-order valence-electron chi connectivity index (χ2n) is 3.23. The molecule has 0 saturated carbocycles. The van der Waals surface area contributed by atoms with E-state index in [0.29, 0.717) is 5.75 Å². The molecule has 0 bridgehead atoms. The summed E-state index contributed by atoms with van der Waals surface area (Å²) < 4.78 is 1.26. The minimum absolute atomic E-state index is 0.115. The number of fused-ring (bicyclic) bond motifs is 1. The molecule has 16 heavy (non-hydrogen) atoms. The smallest absolute Gasteiger partial charge is 0.186 e. The second kappa shape index (κ2) is 5.20. The first-order valence-electron chi connectivity index (χ1n) is 4.86. The van der Waals surface area contributed by atoms with Crippen molar-refractivity contribution in [2.24, 2.45) is 0 Å². The Morgan fingerprint density at radius 3 is 3.06 bits per heavy atom. The maximum Gasteiger partial charge on any atom is 0.186 e. The lowest BCUT2D eigenvalue weighted by atomic mass is 10.2. The third-order valence-electron chi connectivity index (χ3n) is 2.05. The molecule has 0 aliphatic carbocycles. The maximum absolute atomic E-state index is 10.7. The van der Waals surface area contributed by atoms with Crippen molar-refractivity contribution in [1.29, 1.82) is 0 Å². The van der Waals surface area contributed by atoms with E-state index in [1.54, 1.807) is 18.3 Å². The topological polar surface area (TPSA) is 17.1 Å². The molecule has 2 aromatic rings. The van der Waals surface area contributed by atoms with Crippen LogP contribution in [0.2, 0.25) is 0 Å². The summed E-state index contributed by atoms with van der Waals surface area (Å²) >= 11 is 2.95. The standard InChI is InChI=1S/C13H10OS2/c1-10(14)15-8-4-5-11-9-16-13-7-3-2-6-12(11)13/h2-3,6-7,9H,8H2,1H3. The molecule has 0 amide bonds. The molecule has 2 rings (SSSR count). The van der Waals surface area contributed by atoms with E-state index in [2.05, 4.69) is 29.4 Å². The molecule has 1 heterocycles. The van der Waals surface area contributed by atoms with Crippen LogP contribution in [-0.2, 0) is 4.79 Å². The molecule has 1 nitrogen and oxygen atoms in total. The minimum Gasteiger partial charge on any atom is -0.288 e. The van der Waals surface area contributed by atoms with Gasteiger partial charge < -0.3 is 0 Å². The quantitative estimate of drug-likeness (QED) is 0.716. The number of thioether (sulfide) groups is 1. The summed E-state index contributed by atoms with van der Waals surface area (Å²) in [5.41, 5.74) is 1.06. The number of carbonyl (C=O) groups excluding carboxylic acids is 1. The number of thiophene rings is 1.